The normalized spacial score (nSPS) is 15.5. The van der Waals surface area contributed by atoms with E-state index in [-0.39, 0.29) is 11.7 Å². The van der Waals surface area contributed by atoms with Crippen molar-refractivity contribution in [2.75, 3.05) is 18.0 Å². The first-order valence-corrected chi connectivity index (χ1v) is 9.09. The highest BCUT2D eigenvalue weighted by molar-refractivity contribution is 6.01. The molecule has 4 nitrogen and oxygen atoms in total. The molecule has 0 radical (unpaired) electrons. The molecule has 0 spiro atoms. The standard InChI is InChI=1S/C21H24FN3O/c1-16(23-24-21(26)18-6-10-19(22)11-7-18)17-8-12-20(13-9-17)25-14-4-2-3-5-15-25/h6-13H,2-5,14-15H2,1H3,(H,24,26). The second-order valence-electron chi connectivity index (χ2n) is 6.59. The van der Waals surface area contributed by atoms with Gasteiger partial charge in [0.15, 0.2) is 0 Å². The number of amides is 1. The van der Waals surface area contributed by atoms with E-state index in [2.05, 4.69) is 27.6 Å². The summed E-state index contributed by atoms with van der Waals surface area (Å²) >= 11 is 0. The van der Waals surface area contributed by atoms with Gasteiger partial charge in [-0.15, -0.1) is 0 Å². The summed E-state index contributed by atoms with van der Waals surface area (Å²) in [6.45, 7) is 4.08. The molecule has 0 unspecified atom stereocenters. The van der Waals surface area contributed by atoms with Gasteiger partial charge >= 0.3 is 0 Å². The number of hydrazone groups is 1. The molecule has 1 heterocycles. The first-order chi connectivity index (χ1) is 12.6. The lowest BCUT2D eigenvalue weighted by Crippen LogP contribution is -2.23. The molecule has 1 amide bonds. The maximum absolute atomic E-state index is 12.9. The second-order valence-corrected chi connectivity index (χ2v) is 6.59. The number of anilines is 1. The van der Waals surface area contributed by atoms with Gasteiger partial charge in [-0.3, -0.25) is 4.79 Å². The first-order valence-electron chi connectivity index (χ1n) is 9.09. The molecule has 136 valence electrons. The van der Waals surface area contributed by atoms with Crippen molar-refractivity contribution < 1.29 is 9.18 Å². The largest absolute Gasteiger partial charge is 0.372 e. The van der Waals surface area contributed by atoms with Crippen molar-refractivity contribution in [3.8, 4) is 0 Å². The van der Waals surface area contributed by atoms with Gasteiger partial charge in [0.2, 0.25) is 0 Å². The molecule has 2 aromatic carbocycles. The number of carbonyl (C=O) groups is 1. The number of rotatable bonds is 4. The van der Waals surface area contributed by atoms with E-state index in [1.54, 1.807) is 0 Å². The highest BCUT2D eigenvalue weighted by atomic mass is 19.1. The lowest BCUT2D eigenvalue weighted by molar-refractivity contribution is 0.0955. The van der Waals surface area contributed by atoms with Gasteiger partial charge in [-0.1, -0.05) is 25.0 Å². The van der Waals surface area contributed by atoms with Gasteiger partial charge in [0, 0.05) is 24.3 Å². The monoisotopic (exact) mass is 353 g/mol. The smallest absolute Gasteiger partial charge is 0.271 e. The third kappa shape index (κ3) is 4.69. The minimum atomic E-state index is -0.370. The van der Waals surface area contributed by atoms with Crippen LogP contribution in [0.2, 0.25) is 0 Å². The van der Waals surface area contributed by atoms with Crippen LogP contribution in [0.3, 0.4) is 0 Å². The first kappa shape index (κ1) is 18.1. The fraction of sp³-hybridized carbons (Fsp3) is 0.333. The van der Waals surface area contributed by atoms with Crippen LogP contribution in [0.15, 0.2) is 53.6 Å². The fourth-order valence-corrected chi connectivity index (χ4v) is 3.11. The highest BCUT2D eigenvalue weighted by Crippen LogP contribution is 2.20. The molecule has 0 aliphatic carbocycles. The van der Waals surface area contributed by atoms with Crippen molar-refractivity contribution in [3.63, 3.8) is 0 Å². The number of hydrogen-bond acceptors (Lipinski definition) is 3. The molecule has 0 aromatic heterocycles. The van der Waals surface area contributed by atoms with Crippen molar-refractivity contribution in [1.82, 2.24) is 5.43 Å². The Morgan fingerprint density at radius 2 is 1.50 bits per heavy atom. The Hall–Kier alpha value is -2.69. The third-order valence-corrected chi connectivity index (χ3v) is 4.69. The van der Waals surface area contributed by atoms with Gasteiger partial charge in [-0.25, -0.2) is 9.82 Å². The molecule has 5 heteroatoms. The summed E-state index contributed by atoms with van der Waals surface area (Å²) in [6, 6.07) is 13.7. The number of hydrogen-bond donors (Lipinski definition) is 1. The number of benzene rings is 2. The Bertz CT molecular complexity index is 761. The maximum Gasteiger partial charge on any atom is 0.271 e. The minimum Gasteiger partial charge on any atom is -0.372 e. The molecule has 1 aliphatic heterocycles. The van der Waals surface area contributed by atoms with Crippen LogP contribution in [-0.4, -0.2) is 24.7 Å². The molecule has 1 saturated heterocycles. The van der Waals surface area contributed by atoms with Crippen LogP contribution in [-0.2, 0) is 0 Å². The van der Waals surface area contributed by atoms with Crippen molar-refractivity contribution in [2.24, 2.45) is 5.10 Å². The zero-order chi connectivity index (χ0) is 18.4. The van der Waals surface area contributed by atoms with Crippen LogP contribution in [0, 0.1) is 5.82 Å². The number of nitrogens with one attached hydrogen (secondary N) is 1. The second kappa shape index (κ2) is 8.61. The number of halogens is 1. The lowest BCUT2D eigenvalue weighted by Gasteiger charge is -2.22. The number of nitrogens with zero attached hydrogens (tertiary/aromatic N) is 2. The molecule has 0 atom stereocenters. The number of carbonyl (C=O) groups excluding carboxylic acids is 1. The van der Waals surface area contributed by atoms with Gasteiger partial charge in [0.05, 0.1) is 5.71 Å². The predicted octanol–water partition coefficient (Wildman–Crippen LogP) is 4.36. The van der Waals surface area contributed by atoms with Gasteiger partial charge < -0.3 is 4.90 Å². The molecular formula is C21H24FN3O. The van der Waals surface area contributed by atoms with E-state index >= 15 is 0 Å². The molecule has 2 aromatic rings. The summed E-state index contributed by atoms with van der Waals surface area (Å²) in [5.41, 5.74) is 5.81. The van der Waals surface area contributed by atoms with Gasteiger partial charge in [-0.2, -0.15) is 5.10 Å². The van der Waals surface area contributed by atoms with E-state index in [1.165, 1.54) is 55.6 Å². The zero-order valence-electron chi connectivity index (χ0n) is 15.0. The zero-order valence-corrected chi connectivity index (χ0v) is 15.0. The van der Waals surface area contributed by atoms with Crippen molar-refractivity contribution in [3.05, 3.63) is 65.5 Å². The molecule has 3 rings (SSSR count). The predicted molar refractivity (Wildman–Crippen MR) is 103 cm³/mol. The summed E-state index contributed by atoms with van der Waals surface area (Å²) < 4.78 is 12.9. The Labute approximate surface area is 153 Å². The Balaban J connectivity index is 1.63. The van der Waals surface area contributed by atoms with Crippen LogP contribution in [0.4, 0.5) is 10.1 Å². The average molecular weight is 353 g/mol. The Kier molecular flexibility index (Phi) is 6.00. The van der Waals surface area contributed by atoms with E-state index < -0.39 is 0 Å². The van der Waals surface area contributed by atoms with Crippen molar-refractivity contribution in [1.29, 1.82) is 0 Å². The van der Waals surface area contributed by atoms with Crippen molar-refractivity contribution in [2.45, 2.75) is 32.6 Å². The molecule has 26 heavy (non-hydrogen) atoms. The van der Waals surface area contributed by atoms with Gasteiger partial charge in [-0.05, 0) is 61.7 Å². The van der Waals surface area contributed by atoms with Crippen LogP contribution in [0.25, 0.3) is 0 Å². The van der Waals surface area contributed by atoms with E-state index in [4.69, 9.17) is 0 Å². The maximum atomic E-state index is 12.9. The molecular weight excluding hydrogens is 329 g/mol. The summed E-state index contributed by atoms with van der Waals surface area (Å²) in [7, 11) is 0. The van der Waals surface area contributed by atoms with Crippen LogP contribution in [0.5, 0.6) is 0 Å². The van der Waals surface area contributed by atoms with E-state index in [0.29, 0.717) is 5.56 Å². The molecule has 0 bridgehead atoms. The van der Waals surface area contributed by atoms with E-state index in [9.17, 15) is 9.18 Å². The van der Waals surface area contributed by atoms with E-state index in [1.807, 2.05) is 19.1 Å². The Morgan fingerprint density at radius 1 is 0.923 bits per heavy atom. The molecule has 1 aliphatic rings. The van der Waals surface area contributed by atoms with Gasteiger partial charge in [0.25, 0.3) is 5.91 Å². The highest BCUT2D eigenvalue weighted by Gasteiger charge is 2.10. The minimum absolute atomic E-state index is 0.356. The van der Waals surface area contributed by atoms with E-state index in [0.717, 1.165) is 24.4 Å². The summed E-state index contributed by atoms with van der Waals surface area (Å²) in [5.74, 6) is -0.726. The summed E-state index contributed by atoms with van der Waals surface area (Å²) in [5, 5.41) is 4.16. The Morgan fingerprint density at radius 3 is 2.12 bits per heavy atom. The summed E-state index contributed by atoms with van der Waals surface area (Å²) in [6.07, 6.45) is 5.12. The SMILES string of the molecule is CC(=NNC(=O)c1ccc(F)cc1)c1ccc(N2CCCCCC2)cc1. The van der Waals surface area contributed by atoms with Crippen LogP contribution >= 0.6 is 0 Å². The fourth-order valence-electron chi connectivity index (χ4n) is 3.11. The van der Waals surface area contributed by atoms with Crippen LogP contribution in [0.1, 0.15) is 48.5 Å². The third-order valence-electron chi connectivity index (χ3n) is 4.69. The quantitative estimate of drug-likeness (QED) is 0.656. The molecule has 0 saturated carbocycles. The van der Waals surface area contributed by atoms with Crippen LogP contribution < -0.4 is 10.3 Å². The molecule has 1 fully saturated rings. The van der Waals surface area contributed by atoms with Crippen molar-refractivity contribution >= 4 is 17.3 Å². The lowest BCUT2D eigenvalue weighted by atomic mass is 10.1. The topological polar surface area (TPSA) is 44.7 Å². The van der Waals surface area contributed by atoms with Gasteiger partial charge in [0.1, 0.15) is 5.82 Å². The summed E-state index contributed by atoms with van der Waals surface area (Å²) in [4.78, 5) is 14.5. The average Bonchev–Trinajstić information content (AvgIpc) is 2.96. The molecule has 1 N–H and O–H groups in total.